The minimum Gasteiger partial charge on any atom is -0.468 e. The molecule has 1 aromatic carbocycles. The van der Waals surface area contributed by atoms with Crippen LogP contribution in [0.15, 0.2) is 18.2 Å². The molecule has 1 rings (SSSR count). The molecular formula is C11H14N2O4S. The Hall–Kier alpha value is -1.76. The van der Waals surface area contributed by atoms with Gasteiger partial charge in [0, 0.05) is 18.9 Å². The maximum Gasteiger partial charge on any atom is 0.315 e. The molecule has 0 fully saturated rings. The number of esters is 1. The molecule has 0 unspecified atom stereocenters. The van der Waals surface area contributed by atoms with Crippen molar-refractivity contribution in [1.29, 1.82) is 0 Å². The van der Waals surface area contributed by atoms with Gasteiger partial charge in [0.2, 0.25) is 0 Å². The SMILES string of the molecule is CNc1cc(CSCC(=O)OC)ccc1[N+](=O)[O-]. The van der Waals surface area contributed by atoms with Crippen molar-refractivity contribution in [3.63, 3.8) is 0 Å². The van der Waals surface area contributed by atoms with Gasteiger partial charge < -0.3 is 10.1 Å². The number of nitro benzene ring substituents is 1. The number of carbonyl (C=O) groups is 1. The normalized spacial score (nSPS) is 9.89. The van der Waals surface area contributed by atoms with E-state index in [4.69, 9.17) is 0 Å². The number of benzene rings is 1. The van der Waals surface area contributed by atoms with Crippen molar-refractivity contribution in [2.45, 2.75) is 5.75 Å². The van der Waals surface area contributed by atoms with E-state index in [0.717, 1.165) is 5.56 Å². The van der Waals surface area contributed by atoms with Crippen molar-refractivity contribution in [3.8, 4) is 0 Å². The van der Waals surface area contributed by atoms with Crippen LogP contribution in [0, 0.1) is 10.1 Å². The average Bonchev–Trinajstić information content (AvgIpc) is 2.37. The highest BCUT2D eigenvalue weighted by molar-refractivity contribution is 7.99. The Morgan fingerprint density at radius 3 is 2.83 bits per heavy atom. The lowest BCUT2D eigenvalue weighted by Gasteiger charge is -2.05. The van der Waals surface area contributed by atoms with E-state index in [0.29, 0.717) is 11.4 Å². The van der Waals surface area contributed by atoms with E-state index in [9.17, 15) is 14.9 Å². The largest absolute Gasteiger partial charge is 0.468 e. The molecule has 0 saturated heterocycles. The number of hydrogen-bond donors (Lipinski definition) is 1. The maximum atomic E-state index is 10.9. The Kier molecular flexibility index (Phi) is 5.44. The number of hydrogen-bond acceptors (Lipinski definition) is 6. The number of methoxy groups -OCH3 is 1. The van der Waals surface area contributed by atoms with Crippen LogP contribution in [0.3, 0.4) is 0 Å². The quantitative estimate of drug-likeness (QED) is 0.484. The van der Waals surface area contributed by atoms with Gasteiger partial charge in [-0.05, 0) is 11.6 Å². The van der Waals surface area contributed by atoms with E-state index in [1.165, 1.54) is 24.9 Å². The van der Waals surface area contributed by atoms with E-state index in [1.807, 2.05) is 0 Å². The summed E-state index contributed by atoms with van der Waals surface area (Å²) in [5.41, 5.74) is 1.43. The Bertz CT molecular complexity index is 451. The number of ether oxygens (including phenoxy) is 1. The molecule has 0 bridgehead atoms. The van der Waals surface area contributed by atoms with Gasteiger partial charge in [-0.3, -0.25) is 14.9 Å². The van der Waals surface area contributed by atoms with Crippen molar-refractivity contribution in [2.24, 2.45) is 0 Å². The summed E-state index contributed by atoms with van der Waals surface area (Å²) >= 11 is 1.40. The first-order valence-electron chi connectivity index (χ1n) is 5.18. The van der Waals surface area contributed by atoms with Crippen LogP contribution < -0.4 is 5.32 Å². The topological polar surface area (TPSA) is 81.5 Å². The monoisotopic (exact) mass is 270 g/mol. The lowest BCUT2D eigenvalue weighted by atomic mass is 10.2. The Balaban J connectivity index is 2.68. The van der Waals surface area contributed by atoms with Crippen LogP contribution in [0.5, 0.6) is 0 Å². The third kappa shape index (κ3) is 3.92. The molecule has 0 aromatic heterocycles. The lowest BCUT2D eigenvalue weighted by molar-refractivity contribution is -0.383. The highest BCUT2D eigenvalue weighted by Crippen LogP contribution is 2.26. The first-order chi connectivity index (χ1) is 8.58. The van der Waals surface area contributed by atoms with Crippen LogP contribution in [0.4, 0.5) is 11.4 Å². The summed E-state index contributed by atoms with van der Waals surface area (Å²) in [5, 5.41) is 13.5. The van der Waals surface area contributed by atoms with Gasteiger partial charge >= 0.3 is 5.97 Å². The zero-order valence-corrected chi connectivity index (χ0v) is 11.0. The molecule has 0 heterocycles. The van der Waals surface area contributed by atoms with E-state index < -0.39 is 4.92 Å². The van der Waals surface area contributed by atoms with E-state index in [1.54, 1.807) is 19.2 Å². The first-order valence-corrected chi connectivity index (χ1v) is 6.33. The first kappa shape index (κ1) is 14.3. The van der Waals surface area contributed by atoms with Crippen molar-refractivity contribution in [3.05, 3.63) is 33.9 Å². The van der Waals surface area contributed by atoms with Crippen LogP contribution in [0.2, 0.25) is 0 Å². The van der Waals surface area contributed by atoms with Gasteiger partial charge in [0.1, 0.15) is 5.69 Å². The minimum absolute atomic E-state index is 0.0409. The molecule has 0 aliphatic heterocycles. The van der Waals surface area contributed by atoms with Crippen LogP contribution in [0.25, 0.3) is 0 Å². The molecule has 6 nitrogen and oxygen atoms in total. The Morgan fingerprint density at radius 1 is 1.56 bits per heavy atom. The summed E-state index contributed by atoms with van der Waals surface area (Å²) in [4.78, 5) is 21.2. The molecule has 1 aromatic rings. The molecule has 0 spiro atoms. The fourth-order valence-corrected chi connectivity index (χ4v) is 2.15. The maximum absolute atomic E-state index is 10.9. The lowest BCUT2D eigenvalue weighted by Crippen LogP contribution is -2.03. The molecule has 18 heavy (non-hydrogen) atoms. The van der Waals surface area contributed by atoms with Crippen molar-refractivity contribution in [1.82, 2.24) is 0 Å². The van der Waals surface area contributed by atoms with Crippen LogP contribution in [-0.2, 0) is 15.3 Å². The van der Waals surface area contributed by atoms with Gasteiger partial charge in [0.25, 0.3) is 5.69 Å². The predicted molar refractivity (Wildman–Crippen MR) is 70.8 cm³/mol. The highest BCUT2D eigenvalue weighted by Gasteiger charge is 2.12. The molecular weight excluding hydrogens is 256 g/mol. The molecule has 0 atom stereocenters. The van der Waals surface area contributed by atoms with Gasteiger partial charge in [-0.15, -0.1) is 11.8 Å². The van der Waals surface area contributed by atoms with Crippen molar-refractivity contribution < 1.29 is 14.5 Å². The average molecular weight is 270 g/mol. The summed E-state index contributed by atoms with van der Waals surface area (Å²) in [6, 6.07) is 4.85. The van der Waals surface area contributed by atoms with Crippen molar-refractivity contribution >= 4 is 29.1 Å². The molecule has 0 saturated carbocycles. The fraction of sp³-hybridized carbons (Fsp3) is 0.364. The molecule has 98 valence electrons. The van der Waals surface area contributed by atoms with E-state index in [2.05, 4.69) is 10.1 Å². The summed E-state index contributed by atoms with van der Waals surface area (Å²) in [7, 11) is 2.97. The summed E-state index contributed by atoms with van der Waals surface area (Å²) in [6.45, 7) is 0. The van der Waals surface area contributed by atoms with Gasteiger partial charge in [-0.25, -0.2) is 0 Å². The molecule has 0 aliphatic rings. The van der Waals surface area contributed by atoms with Gasteiger partial charge in [-0.1, -0.05) is 6.07 Å². The third-order valence-electron chi connectivity index (χ3n) is 2.24. The molecule has 0 amide bonds. The second-order valence-electron chi connectivity index (χ2n) is 3.43. The zero-order valence-electron chi connectivity index (χ0n) is 10.1. The van der Waals surface area contributed by atoms with E-state index in [-0.39, 0.29) is 17.4 Å². The number of carbonyl (C=O) groups excluding carboxylic acids is 1. The third-order valence-corrected chi connectivity index (χ3v) is 3.22. The van der Waals surface area contributed by atoms with Crippen LogP contribution in [0.1, 0.15) is 5.56 Å². The zero-order chi connectivity index (χ0) is 13.5. The summed E-state index contributed by atoms with van der Waals surface area (Å²) in [6.07, 6.45) is 0. The van der Waals surface area contributed by atoms with Gasteiger partial charge in [0.15, 0.2) is 0 Å². The fourth-order valence-electron chi connectivity index (χ4n) is 1.34. The number of anilines is 1. The molecule has 0 radical (unpaired) electrons. The smallest absolute Gasteiger partial charge is 0.315 e. The summed E-state index contributed by atoms with van der Waals surface area (Å²) < 4.78 is 4.52. The highest BCUT2D eigenvalue weighted by atomic mass is 32.2. The molecule has 0 aliphatic carbocycles. The predicted octanol–water partition coefficient (Wildman–Crippen LogP) is 2.04. The molecule has 7 heteroatoms. The number of rotatable bonds is 6. The van der Waals surface area contributed by atoms with Crippen molar-refractivity contribution in [2.75, 3.05) is 25.2 Å². The van der Waals surface area contributed by atoms with Gasteiger partial charge in [0.05, 0.1) is 17.8 Å². The van der Waals surface area contributed by atoms with Gasteiger partial charge in [-0.2, -0.15) is 0 Å². The standard InChI is InChI=1S/C11H14N2O4S/c1-12-9-5-8(3-4-10(9)13(15)16)6-18-7-11(14)17-2/h3-5,12H,6-7H2,1-2H3. The minimum atomic E-state index is -0.433. The molecule has 1 N–H and O–H groups in total. The number of nitrogens with zero attached hydrogens (tertiary/aromatic N) is 1. The number of nitro groups is 1. The number of nitrogens with one attached hydrogen (secondary N) is 1. The van der Waals surface area contributed by atoms with Crippen LogP contribution >= 0.6 is 11.8 Å². The Labute approximate surface area is 109 Å². The summed E-state index contributed by atoms with van der Waals surface area (Å²) in [5.74, 6) is 0.584. The second-order valence-corrected chi connectivity index (χ2v) is 4.41. The second kappa shape index (κ2) is 6.85. The number of thioether (sulfide) groups is 1. The van der Waals surface area contributed by atoms with E-state index >= 15 is 0 Å². The Morgan fingerprint density at radius 2 is 2.28 bits per heavy atom. The van der Waals surface area contributed by atoms with Crippen LogP contribution in [-0.4, -0.2) is 30.8 Å².